The zero-order valence-electron chi connectivity index (χ0n) is 10.0. The van der Waals surface area contributed by atoms with E-state index in [9.17, 15) is 9.18 Å². The van der Waals surface area contributed by atoms with Crippen LogP contribution < -0.4 is 10.6 Å². The average Bonchev–Trinajstić information content (AvgIpc) is 2.29. The fourth-order valence-corrected chi connectivity index (χ4v) is 1.10. The Morgan fingerprint density at radius 3 is 2.65 bits per heavy atom. The Morgan fingerprint density at radius 2 is 2.06 bits per heavy atom. The van der Waals surface area contributed by atoms with Gasteiger partial charge in [0, 0.05) is 19.5 Å². The number of nitrogens with zero attached hydrogens (tertiary/aromatic N) is 2. The summed E-state index contributed by atoms with van der Waals surface area (Å²) in [6, 6.07) is 0. The molecule has 0 atom stereocenters. The Bertz CT molecular complexity index is 353. The van der Waals surface area contributed by atoms with Crippen molar-refractivity contribution in [3.8, 4) is 0 Å². The minimum Gasteiger partial charge on any atom is -0.356 e. The molecule has 0 bridgehead atoms. The van der Waals surface area contributed by atoms with Gasteiger partial charge in [0.2, 0.25) is 11.9 Å². The van der Waals surface area contributed by atoms with Gasteiger partial charge >= 0.3 is 0 Å². The smallest absolute Gasteiger partial charge is 0.222 e. The van der Waals surface area contributed by atoms with Crippen molar-refractivity contribution >= 4 is 11.9 Å². The molecule has 1 aromatic heterocycles. The summed E-state index contributed by atoms with van der Waals surface area (Å²) in [7, 11) is 0. The molecule has 5 nitrogen and oxygen atoms in total. The van der Waals surface area contributed by atoms with Crippen molar-refractivity contribution in [3.05, 3.63) is 18.2 Å². The number of hydrogen-bond acceptors (Lipinski definition) is 4. The standard InChI is InChI=1S/C11H17FN4O/c1-8(2)5-14-10(17)3-4-13-11-15-6-9(12)7-16-11/h6-8H,3-5H2,1-2H3,(H,14,17)(H,13,15,16). The molecule has 1 aromatic rings. The summed E-state index contributed by atoms with van der Waals surface area (Å²) < 4.78 is 12.5. The molecule has 0 radical (unpaired) electrons. The molecule has 94 valence electrons. The molecule has 2 N–H and O–H groups in total. The van der Waals surface area contributed by atoms with Crippen molar-refractivity contribution in [3.63, 3.8) is 0 Å². The molecule has 0 aliphatic carbocycles. The molecule has 1 rings (SSSR count). The first-order valence-corrected chi connectivity index (χ1v) is 5.56. The first kappa shape index (κ1) is 13.3. The van der Waals surface area contributed by atoms with Crippen LogP contribution in [0.3, 0.4) is 0 Å². The van der Waals surface area contributed by atoms with Crippen molar-refractivity contribution < 1.29 is 9.18 Å². The van der Waals surface area contributed by atoms with Gasteiger partial charge in [-0.05, 0) is 5.92 Å². The summed E-state index contributed by atoms with van der Waals surface area (Å²) in [5, 5.41) is 5.64. The molecule has 0 aliphatic rings. The second kappa shape index (κ2) is 6.78. The van der Waals surface area contributed by atoms with Crippen molar-refractivity contribution in [1.29, 1.82) is 0 Å². The van der Waals surface area contributed by atoms with Crippen LogP contribution in [0.2, 0.25) is 0 Å². The topological polar surface area (TPSA) is 66.9 Å². The van der Waals surface area contributed by atoms with Gasteiger partial charge in [-0.3, -0.25) is 4.79 Å². The highest BCUT2D eigenvalue weighted by molar-refractivity contribution is 5.76. The largest absolute Gasteiger partial charge is 0.356 e. The summed E-state index contributed by atoms with van der Waals surface area (Å²) in [6.07, 6.45) is 2.50. The van der Waals surface area contributed by atoms with E-state index in [0.717, 1.165) is 12.4 Å². The highest BCUT2D eigenvalue weighted by atomic mass is 19.1. The van der Waals surface area contributed by atoms with Crippen LogP contribution in [0, 0.1) is 11.7 Å². The number of aromatic nitrogens is 2. The maximum atomic E-state index is 12.5. The van der Waals surface area contributed by atoms with Crippen LogP contribution in [0.4, 0.5) is 10.3 Å². The van der Waals surface area contributed by atoms with Crippen molar-refractivity contribution in [2.75, 3.05) is 18.4 Å². The number of halogens is 1. The van der Waals surface area contributed by atoms with Crippen molar-refractivity contribution in [2.24, 2.45) is 5.92 Å². The third kappa shape index (κ3) is 5.79. The van der Waals surface area contributed by atoms with Crippen molar-refractivity contribution in [2.45, 2.75) is 20.3 Å². The average molecular weight is 240 g/mol. The lowest BCUT2D eigenvalue weighted by atomic mass is 10.2. The molecular formula is C11H17FN4O. The fraction of sp³-hybridized carbons (Fsp3) is 0.545. The number of carbonyl (C=O) groups excluding carboxylic acids is 1. The predicted octanol–water partition coefficient (Wildman–Crippen LogP) is 1.19. The zero-order chi connectivity index (χ0) is 12.7. The Morgan fingerprint density at radius 1 is 1.41 bits per heavy atom. The van der Waals surface area contributed by atoms with E-state index in [-0.39, 0.29) is 5.91 Å². The van der Waals surface area contributed by atoms with Crippen LogP contribution in [-0.2, 0) is 4.79 Å². The first-order chi connectivity index (χ1) is 8.08. The van der Waals surface area contributed by atoms with Gasteiger partial charge in [-0.15, -0.1) is 0 Å². The van der Waals surface area contributed by atoms with Crippen LogP contribution in [0.5, 0.6) is 0 Å². The third-order valence-corrected chi connectivity index (χ3v) is 1.96. The Balaban J connectivity index is 2.19. The normalized spacial score (nSPS) is 10.4. The van der Waals surface area contributed by atoms with Gasteiger partial charge in [0.25, 0.3) is 0 Å². The fourth-order valence-electron chi connectivity index (χ4n) is 1.10. The number of nitrogens with one attached hydrogen (secondary N) is 2. The Kier molecular flexibility index (Phi) is 5.32. The molecule has 0 spiro atoms. The second-order valence-electron chi connectivity index (χ2n) is 4.10. The molecule has 0 fully saturated rings. The quantitative estimate of drug-likeness (QED) is 0.783. The van der Waals surface area contributed by atoms with E-state index in [1.54, 1.807) is 0 Å². The van der Waals surface area contributed by atoms with E-state index in [1.807, 2.05) is 13.8 Å². The van der Waals surface area contributed by atoms with Gasteiger partial charge in [0.1, 0.15) is 0 Å². The van der Waals surface area contributed by atoms with Crippen LogP contribution in [-0.4, -0.2) is 29.0 Å². The zero-order valence-corrected chi connectivity index (χ0v) is 10.0. The van der Waals surface area contributed by atoms with Gasteiger partial charge in [-0.1, -0.05) is 13.8 Å². The highest BCUT2D eigenvalue weighted by Gasteiger charge is 2.02. The van der Waals surface area contributed by atoms with Gasteiger partial charge in [-0.2, -0.15) is 0 Å². The van der Waals surface area contributed by atoms with E-state index in [0.29, 0.717) is 31.4 Å². The third-order valence-electron chi connectivity index (χ3n) is 1.96. The molecular weight excluding hydrogens is 223 g/mol. The number of hydrogen-bond donors (Lipinski definition) is 2. The Labute approximate surface area is 99.9 Å². The summed E-state index contributed by atoms with van der Waals surface area (Å²) in [4.78, 5) is 18.8. The Hall–Kier alpha value is -1.72. The summed E-state index contributed by atoms with van der Waals surface area (Å²) in [5.74, 6) is 0.258. The molecule has 0 aromatic carbocycles. The molecule has 0 aliphatic heterocycles. The van der Waals surface area contributed by atoms with Crippen molar-refractivity contribution in [1.82, 2.24) is 15.3 Å². The van der Waals surface area contributed by atoms with Gasteiger partial charge in [0.05, 0.1) is 12.4 Å². The molecule has 17 heavy (non-hydrogen) atoms. The van der Waals surface area contributed by atoms with Crippen LogP contribution in [0.1, 0.15) is 20.3 Å². The van der Waals surface area contributed by atoms with E-state index >= 15 is 0 Å². The molecule has 1 amide bonds. The van der Waals surface area contributed by atoms with Gasteiger partial charge in [-0.25, -0.2) is 14.4 Å². The maximum absolute atomic E-state index is 12.5. The van der Waals surface area contributed by atoms with E-state index < -0.39 is 5.82 Å². The molecule has 0 saturated carbocycles. The number of amides is 1. The lowest BCUT2D eigenvalue weighted by Gasteiger charge is -2.08. The predicted molar refractivity (Wildman–Crippen MR) is 62.9 cm³/mol. The molecule has 0 unspecified atom stereocenters. The summed E-state index contributed by atoms with van der Waals surface area (Å²) in [6.45, 7) is 5.16. The lowest BCUT2D eigenvalue weighted by Crippen LogP contribution is -2.28. The minimum atomic E-state index is -0.481. The molecule has 1 heterocycles. The van der Waals surface area contributed by atoms with Gasteiger partial charge < -0.3 is 10.6 Å². The lowest BCUT2D eigenvalue weighted by molar-refractivity contribution is -0.120. The van der Waals surface area contributed by atoms with E-state index in [2.05, 4.69) is 20.6 Å². The maximum Gasteiger partial charge on any atom is 0.222 e. The monoisotopic (exact) mass is 240 g/mol. The molecule has 6 heteroatoms. The van der Waals surface area contributed by atoms with Crippen LogP contribution in [0.15, 0.2) is 12.4 Å². The highest BCUT2D eigenvalue weighted by Crippen LogP contribution is 1.98. The first-order valence-electron chi connectivity index (χ1n) is 5.56. The SMILES string of the molecule is CC(C)CNC(=O)CCNc1ncc(F)cn1. The molecule has 0 saturated heterocycles. The van der Waals surface area contributed by atoms with Gasteiger partial charge in [0.15, 0.2) is 5.82 Å². The van der Waals surface area contributed by atoms with Crippen LogP contribution in [0.25, 0.3) is 0 Å². The number of carbonyl (C=O) groups is 1. The second-order valence-corrected chi connectivity index (χ2v) is 4.10. The number of rotatable bonds is 6. The number of anilines is 1. The minimum absolute atomic E-state index is 0.0201. The summed E-state index contributed by atoms with van der Waals surface area (Å²) >= 11 is 0. The van der Waals surface area contributed by atoms with Crippen LogP contribution >= 0.6 is 0 Å². The summed E-state index contributed by atoms with van der Waals surface area (Å²) in [5.41, 5.74) is 0. The van der Waals surface area contributed by atoms with E-state index in [4.69, 9.17) is 0 Å². The van der Waals surface area contributed by atoms with E-state index in [1.165, 1.54) is 0 Å².